The average Bonchev–Trinajstić information content (AvgIpc) is 2.75. The highest BCUT2D eigenvalue weighted by molar-refractivity contribution is 6.24. The first-order chi connectivity index (χ1) is 9.83. The van der Waals surface area contributed by atoms with E-state index in [1.54, 1.807) is 12.0 Å². The number of rotatable bonds is 6. The van der Waals surface area contributed by atoms with Crippen LogP contribution in [0.1, 0.15) is 10.4 Å². The molecule has 1 aliphatic heterocycles. The number of benzene rings is 2. The molecular formula is C16H17NO3. The Morgan fingerprint density at radius 1 is 1.05 bits per heavy atom. The number of hydrogen-bond acceptors (Lipinski definition) is 3. The molecule has 0 saturated carbocycles. The van der Waals surface area contributed by atoms with E-state index in [0.29, 0.717) is 26.4 Å². The van der Waals surface area contributed by atoms with Gasteiger partial charge in [0, 0.05) is 24.6 Å². The summed E-state index contributed by atoms with van der Waals surface area (Å²) in [5.74, 6) is 0.0622. The largest absolute Gasteiger partial charge is 0.382 e. The lowest BCUT2D eigenvalue weighted by atomic mass is 10.1. The molecular weight excluding hydrogens is 254 g/mol. The van der Waals surface area contributed by atoms with Crippen molar-refractivity contribution < 1.29 is 14.3 Å². The van der Waals surface area contributed by atoms with Gasteiger partial charge in [-0.3, -0.25) is 4.79 Å². The molecule has 1 amide bonds. The lowest BCUT2D eigenvalue weighted by molar-refractivity contribution is 0.0724. The van der Waals surface area contributed by atoms with Crippen LogP contribution in [0.5, 0.6) is 0 Å². The van der Waals surface area contributed by atoms with Crippen LogP contribution in [0, 0.1) is 0 Å². The summed E-state index contributed by atoms with van der Waals surface area (Å²) in [6.07, 6.45) is 0. The van der Waals surface area contributed by atoms with E-state index in [4.69, 9.17) is 9.47 Å². The molecule has 3 rings (SSSR count). The number of anilines is 1. The Balaban J connectivity index is 1.79. The Labute approximate surface area is 117 Å². The van der Waals surface area contributed by atoms with Crippen LogP contribution in [0.25, 0.3) is 10.8 Å². The number of carbonyl (C=O) groups excluding carboxylic acids is 1. The van der Waals surface area contributed by atoms with Gasteiger partial charge in [-0.2, -0.15) is 0 Å². The van der Waals surface area contributed by atoms with E-state index in [0.717, 1.165) is 22.0 Å². The highest BCUT2D eigenvalue weighted by Gasteiger charge is 2.28. The molecule has 2 aromatic carbocycles. The Hall–Kier alpha value is -1.91. The first-order valence-electron chi connectivity index (χ1n) is 6.73. The van der Waals surface area contributed by atoms with Crippen LogP contribution in [-0.2, 0) is 9.47 Å². The van der Waals surface area contributed by atoms with Crippen molar-refractivity contribution in [3.63, 3.8) is 0 Å². The molecule has 2 aromatic rings. The summed E-state index contributed by atoms with van der Waals surface area (Å²) in [4.78, 5) is 14.2. The molecule has 0 fully saturated rings. The zero-order chi connectivity index (χ0) is 13.9. The molecule has 0 aromatic heterocycles. The maximum atomic E-state index is 12.4. The van der Waals surface area contributed by atoms with Gasteiger partial charge in [-0.1, -0.05) is 24.3 Å². The molecule has 0 atom stereocenters. The number of methoxy groups -OCH3 is 1. The molecule has 4 nitrogen and oxygen atoms in total. The van der Waals surface area contributed by atoms with E-state index in [1.165, 1.54) is 0 Å². The standard InChI is InChI=1S/C16H17NO3/c1-19-10-11-20-9-8-17-14-7-3-5-12-4-2-6-13(15(12)14)16(17)18/h2-7H,8-11H2,1H3. The van der Waals surface area contributed by atoms with Crippen LogP contribution in [0.3, 0.4) is 0 Å². The lowest BCUT2D eigenvalue weighted by Crippen LogP contribution is -2.30. The molecule has 0 radical (unpaired) electrons. The second-order valence-electron chi connectivity index (χ2n) is 4.74. The minimum absolute atomic E-state index is 0.0622. The summed E-state index contributed by atoms with van der Waals surface area (Å²) in [6, 6.07) is 11.9. The van der Waals surface area contributed by atoms with E-state index in [-0.39, 0.29) is 5.91 Å². The van der Waals surface area contributed by atoms with Gasteiger partial charge in [-0.05, 0) is 17.5 Å². The van der Waals surface area contributed by atoms with Crippen molar-refractivity contribution in [3.8, 4) is 0 Å². The van der Waals surface area contributed by atoms with Gasteiger partial charge in [-0.25, -0.2) is 0 Å². The smallest absolute Gasteiger partial charge is 0.259 e. The van der Waals surface area contributed by atoms with Crippen LogP contribution in [0.4, 0.5) is 5.69 Å². The molecule has 0 spiro atoms. The van der Waals surface area contributed by atoms with E-state index in [1.807, 2.05) is 36.4 Å². The molecule has 0 aliphatic carbocycles. The molecule has 0 bridgehead atoms. The monoisotopic (exact) mass is 271 g/mol. The van der Waals surface area contributed by atoms with E-state index < -0.39 is 0 Å². The highest BCUT2D eigenvalue weighted by Crippen LogP contribution is 2.36. The van der Waals surface area contributed by atoms with Gasteiger partial charge in [0.25, 0.3) is 5.91 Å². The van der Waals surface area contributed by atoms with Crippen molar-refractivity contribution >= 4 is 22.4 Å². The quantitative estimate of drug-likeness (QED) is 0.758. The van der Waals surface area contributed by atoms with Gasteiger partial charge < -0.3 is 14.4 Å². The number of nitrogens with zero attached hydrogens (tertiary/aromatic N) is 1. The van der Waals surface area contributed by atoms with Crippen molar-refractivity contribution in [1.29, 1.82) is 0 Å². The summed E-state index contributed by atoms with van der Waals surface area (Å²) in [5.41, 5.74) is 1.77. The number of hydrogen-bond donors (Lipinski definition) is 0. The third-order valence-corrected chi connectivity index (χ3v) is 3.54. The average molecular weight is 271 g/mol. The van der Waals surface area contributed by atoms with Crippen molar-refractivity contribution in [2.24, 2.45) is 0 Å². The molecule has 4 heteroatoms. The predicted molar refractivity (Wildman–Crippen MR) is 78.3 cm³/mol. The Kier molecular flexibility index (Phi) is 3.67. The summed E-state index contributed by atoms with van der Waals surface area (Å²) < 4.78 is 10.4. The minimum atomic E-state index is 0.0622. The molecule has 20 heavy (non-hydrogen) atoms. The normalized spacial score (nSPS) is 13.4. The molecule has 1 aliphatic rings. The van der Waals surface area contributed by atoms with Crippen molar-refractivity contribution in [2.75, 3.05) is 38.4 Å². The fraction of sp³-hybridized carbons (Fsp3) is 0.312. The Morgan fingerprint density at radius 3 is 2.65 bits per heavy atom. The van der Waals surface area contributed by atoms with Crippen LogP contribution >= 0.6 is 0 Å². The number of amides is 1. The van der Waals surface area contributed by atoms with Gasteiger partial charge in [0.05, 0.1) is 25.5 Å². The van der Waals surface area contributed by atoms with Gasteiger partial charge in [0.1, 0.15) is 0 Å². The minimum Gasteiger partial charge on any atom is -0.382 e. The van der Waals surface area contributed by atoms with Crippen LogP contribution in [0.2, 0.25) is 0 Å². The van der Waals surface area contributed by atoms with Crippen molar-refractivity contribution in [2.45, 2.75) is 0 Å². The first kappa shape index (κ1) is 13.1. The fourth-order valence-corrected chi connectivity index (χ4v) is 2.60. The van der Waals surface area contributed by atoms with E-state index >= 15 is 0 Å². The van der Waals surface area contributed by atoms with E-state index in [2.05, 4.69) is 0 Å². The predicted octanol–water partition coefficient (Wildman–Crippen LogP) is 2.46. The molecule has 104 valence electrons. The third kappa shape index (κ3) is 2.17. The van der Waals surface area contributed by atoms with Gasteiger partial charge in [0.2, 0.25) is 0 Å². The Morgan fingerprint density at radius 2 is 1.85 bits per heavy atom. The lowest BCUT2D eigenvalue weighted by Gasteiger charge is -2.17. The van der Waals surface area contributed by atoms with Crippen molar-refractivity contribution in [1.82, 2.24) is 0 Å². The second-order valence-corrected chi connectivity index (χ2v) is 4.74. The number of ether oxygens (including phenoxy) is 2. The summed E-state index contributed by atoms with van der Waals surface area (Å²) in [5, 5.41) is 2.16. The fourth-order valence-electron chi connectivity index (χ4n) is 2.60. The first-order valence-corrected chi connectivity index (χ1v) is 6.73. The topological polar surface area (TPSA) is 38.8 Å². The molecule has 0 N–H and O–H groups in total. The summed E-state index contributed by atoms with van der Waals surface area (Å²) >= 11 is 0. The van der Waals surface area contributed by atoms with Crippen LogP contribution in [-0.4, -0.2) is 39.4 Å². The summed E-state index contributed by atoms with van der Waals surface area (Å²) in [7, 11) is 1.64. The molecule has 1 heterocycles. The zero-order valence-electron chi connectivity index (χ0n) is 11.5. The van der Waals surface area contributed by atoms with Gasteiger partial charge in [-0.15, -0.1) is 0 Å². The second kappa shape index (κ2) is 5.61. The highest BCUT2D eigenvalue weighted by atomic mass is 16.5. The van der Waals surface area contributed by atoms with Crippen LogP contribution in [0.15, 0.2) is 36.4 Å². The maximum absolute atomic E-state index is 12.4. The van der Waals surface area contributed by atoms with Crippen LogP contribution < -0.4 is 4.90 Å². The molecule has 0 unspecified atom stereocenters. The number of carbonyl (C=O) groups is 1. The summed E-state index contributed by atoms with van der Waals surface area (Å²) in [6.45, 7) is 2.20. The SMILES string of the molecule is COCCOCCN1C(=O)c2cccc3cccc1c23. The zero-order valence-corrected chi connectivity index (χ0v) is 11.5. The maximum Gasteiger partial charge on any atom is 0.259 e. The van der Waals surface area contributed by atoms with Gasteiger partial charge in [0.15, 0.2) is 0 Å². The third-order valence-electron chi connectivity index (χ3n) is 3.54. The van der Waals surface area contributed by atoms with E-state index in [9.17, 15) is 4.79 Å². The van der Waals surface area contributed by atoms with Gasteiger partial charge >= 0.3 is 0 Å². The molecule has 0 saturated heterocycles. The van der Waals surface area contributed by atoms with Crippen molar-refractivity contribution in [3.05, 3.63) is 42.0 Å². The Bertz CT molecular complexity index is 633.